The van der Waals surface area contributed by atoms with Crippen LogP contribution in [0.25, 0.3) is 11.0 Å². The van der Waals surface area contributed by atoms with Crippen molar-refractivity contribution in [2.75, 3.05) is 0 Å². The fraction of sp³-hybridized carbons (Fsp3) is 0.125. The minimum atomic E-state index is -2.54. The van der Waals surface area contributed by atoms with Gasteiger partial charge in [0.05, 0.1) is 11.0 Å². The largest absolute Gasteiger partial charge is 0.320 e. The molecule has 1 aromatic heterocycles. The van der Waals surface area contributed by atoms with Crippen LogP contribution < -0.4 is 0 Å². The average molecular weight is 247 g/mol. The first kappa shape index (κ1) is 8.62. The second-order valence-corrected chi connectivity index (χ2v) is 3.48. The molecule has 0 bridgehead atoms. The molecule has 0 saturated carbocycles. The number of nitrogens with zero attached hydrogens (tertiary/aromatic N) is 2. The number of benzene rings is 1. The normalized spacial score (nSPS) is 11.4. The van der Waals surface area contributed by atoms with Crippen molar-refractivity contribution in [3.63, 3.8) is 0 Å². The number of hydrogen-bond donors (Lipinski definition) is 0. The molecule has 0 aliphatic carbocycles. The van der Waals surface area contributed by atoms with Crippen molar-refractivity contribution in [3.8, 4) is 0 Å². The highest BCUT2D eigenvalue weighted by molar-refractivity contribution is 9.10. The lowest BCUT2D eigenvalue weighted by atomic mass is 10.3. The van der Waals surface area contributed by atoms with Crippen molar-refractivity contribution >= 4 is 27.0 Å². The van der Waals surface area contributed by atoms with Crippen molar-refractivity contribution in [2.24, 2.45) is 0 Å². The summed E-state index contributed by atoms with van der Waals surface area (Å²) >= 11 is 3.24. The first-order chi connectivity index (χ1) is 6.18. The molecule has 13 heavy (non-hydrogen) atoms. The van der Waals surface area contributed by atoms with E-state index in [1.807, 2.05) is 0 Å². The fourth-order valence-corrected chi connectivity index (χ4v) is 1.51. The molecule has 0 spiro atoms. The molecule has 68 valence electrons. The van der Waals surface area contributed by atoms with Crippen LogP contribution in [0, 0.1) is 0 Å². The van der Waals surface area contributed by atoms with Crippen molar-refractivity contribution in [3.05, 3.63) is 29.0 Å². The summed E-state index contributed by atoms with van der Waals surface area (Å²) in [4.78, 5) is 3.85. The standard InChI is InChI=1S/C8H5BrF2N2/c9-5-1-2-7-6(3-5)12-4-13(7)8(10)11/h1-4,8H. The van der Waals surface area contributed by atoms with Crippen LogP contribution in [0.5, 0.6) is 0 Å². The molecule has 0 atom stereocenters. The summed E-state index contributed by atoms with van der Waals surface area (Å²) in [5, 5.41) is 0. The highest BCUT2D eigenvalue weighted by Gasteiger charge is 2.09. The van der Waals surface area contributed by atoms with Crippen molar-refractivity contribution in [1.29, 1.82) is 0 Å². The van der Waals surface area contributed by atoms with Gasteiger partial charge in [0, 0.05) is 4.47 Å². The van der Waals surface area contributed by atoms with E-state index in [2.05, 4.69) is 20.9 Å². The third-order valence-electron chi connectivity index (χ3n) is 1.75. The molecule has 0 unspecified atom stereocenters. The van der Waals surface area contributed by atoms with Crippen LogP contribution in [-0.2, 0) is 0 Å². The maximum Gasteiger partial charge on any atom is 0.320 e. The lowest BCUT2D eigenvalue weighted by Crippen LogP contribution is -1.94. The Hall–Kier alpha value is -0.970. The maximum atomic E-state index is 12.3. The molecule has 2 rings (SSSR count). The van der Waals surface area contributed by atoms with Gasteiger partial charge in [-0.05, 0) is 18.2 Å². The summed E-state index contributed by atoms with van der Waals surface area (Å²) in [5.74, 6) is 0. The second kappa shape index (κ2) is 3.06. The molecule has 1 aromatic carbocycles. The van der Waals surface area contributed by atoms with Gasteiger partial charge < -0.3 is 0 Å². The molecule has 0 aliphatic rings. The van der Waals surface area contributed by atoms with Crippen LogP contribution in [0.15, 0.2) is 29.0 Å². The Labute approximate surface area is 81.3 Å². The van der Waals surface area contributed by atoms with Crippen LogP contribution in [0.1, 0.15) is 6.55 Å². The van der Waals surface area contributed by atoms with E-state index in [1.165, 1.54) is 0 Å². The number of alkyl halides is 2. The second-order valence-electron chi connectivity index (χ2n) is 2.56. The van der Waals surface area contributed by atoms with Gasteiger partial charge in [0.2, 0.25) is 0 Å². The highest BCUT2D eigenvalue weighted by atomic mass is 79.9. The Morgan fingerprint density at radius 1 is 1.38 bits per heavy atom. The Morgan fingerprint density at radius 2 is 2.15 bits per heavy atom. The zero-order chi connectivity index (χ0) is 9.42. The van der Waals surface area contributed by atoms with E-state index in [0.29, 0.717) is 11.0 Å². The van der Waals surface area contributed by atoms with Crippen LogP contribution in [0.4, 0.5) is 8.78 Å². The van der Waals surface area contributed by atoms with E-state index in [1.54, 1.807) is 18.2 Å². The molecule has 0 saturated heterocycles. The van der Waals surface area contributed by atoms with Gasteiger partial charge in [-0.2, -0.15) is 8.78 Å². The van der Waals surface area contributed by atoms with Gasteiger partial charge in [0.25, 0.3) is 0 Å². The summed E-state index contributed by atoms with van der Waals surface area (Å²) < 4.78 is 26.4. The molecule has 0 fully saturated rings. The topological polar surface area (TPSA) is 17.8 Å². The van der Waals surface area contributed by atoms with Gasteiger partial charge in [-0.3, -0.25) is 4.57 Å². The highest BCUT2D eigenvalue weighted by Crippen LogP contribution is 2.22. The molecule has 5 heteroatoms. The molecular formula is C8H5BrF2N2. The lowest BCUT2D eigenvalue weighted by Gasteiger charge is -2.00. The van der Waals surface area contributed by atoms with E-state index in [-0.39, 0.29) is 0 Å². The molecule has 0 radical (unpaired) electrons. The Balaban J connectivity index is 2.69. The smallest absolute Gasteiger partial charge is 0.273 e. The van der Waals surface area contributed by atoms with Crippen LogP contribution in [0.3, 0.4) is 0 Å². The van der Waals surface area contributed by atoms with Crippen molar-refractivity contribution in [1.82, 2.24) is 9.55 Å². The summed E-state index contributed by atoms with van der Waals surface area (Å²) in [6.45, 7) is -2.54. The van der Waals surface area contributed by atoms with E-state index in [0.717, 1.165) is 15.4 Å². The number of hydrogen-bond acceptors (Lipinski definition) is 1. The summed E-state index contributed by atoms with van der Waals surface area (Å²) in [6.07, 6.45) is 1.14. The Morgan fingerprint density at radius 3 is 2.85 bits per heavy atom. The number of halogens is 3. The van der Waals surface area contributed by atoms with E-state index in [4.69, 9.17) is 0 Å². The predicted molar refractivity (Wildman–Crippen MR) is 48.7 cm³/mol. The molecular weight excluding hydrogens is 242 g/mol. The van der Waals surface area contributed by atoms with Crippen molar-refractivity contribution in [2.45, 2.75) is 6.55 Å². The van der Waals surface area contributed by atoms with Crippen molar-refractivity contribution < 1.29 is 8.78 Å². The van der Waals surface area contributed by atoms with E-state index in [9.17, 15) is 8.78 Å². The minimum absolute atomic E-state index is 0.443. The SMILES string of the molecule is FC(F)n1cnc2cc(Br)ccc21. The number of fused-ring (bicyclic) bond motifs is 1. The van der Waals surface area contributed by atoms with Crippen LogP contribution in [-0.4, -0.2) is 9.55 Å². The monoisotopic (exact) mass is 246 g/mol. The molecule has 2 nitrogen and oxygen atoms in total. The predicted octanol–water partition coefficient (Wildman–Crippen LogP) is 3.19. The molecule has 0 aliphatic heterocycles. The van der Waals surface area contributed by atoms with Gasteiger partial charge in [0.1, 0.15) is 6.33 Å². The van der Waals surface area contributed by atoms with Crippen LogP contribution in [0.2, 0.25) is 0 Å². The van der Waals surface area contributed by atoms with E-state index < -0.39 is 6.55 Å². The zero-order valence-electron chi connectivity index (χ0n) is 6.42. The lowest BCUT2D eigenvalue weighted by molar-refractivity contribution is 0.0746. The number of rotatable bonds is 1. The molecule has 1 heterocycles. The Bertz CT molecular complexity index is 439. The van der Waals surface area contributed by atoms with Gasteiger partial charge in [-0.15, -0.1) is 0 Å². The van der Waals surface area contributed by atoms with E-state index >= 15 is 0 Å². The average Bonchev–Trinajstić information content (AvgIpc) is 2.46. The first-order valence-corrected chi connectivity index (χ1v) is 4.38. The minimum Gasteiger partial charge on any atom is -0.273 e. The molecule has 0 amide bonds. The van der Waals surface area contributed by atoms with Gasteiger partial charge in [-0.25, -0.2) is 4.98 Å². The summed E-state index contributed by atoms with van der Waals surface area (Å²) in [6, 6.07) is 5.02. The number of imidazole rings is 1. The molecule has 2 aromatic rings. The van der Waals surface area contributed by atoms with Gasteiger partial charge >= 0.3 is 6.55 Å². The van der Waals surface area contributed by atoms with Gasteiger partial charge in [-0.1, -0.05) is 15.9 Å². The third-order valence-corrected chi connectivity index (χ3v) is 2.24. The Kier molecular flexibility index (Phi) is 2.03. The summed E-state index contributed by atoms with van der Waals surface area (Å²) in [5.41, 5.74) is 1.01. The zero-order valence-corrected chi connectivity index (χ0v) is 8.00. The third kappa shape index (κ3) is 1.44. The van der Waals surface area contributed by atoms with Crippen LogP contribution >= 0.6 is 15.9 Å². The maximum absolute atomic E-state index is 12.3. The first-order valence-electron chi connectivity index (χ1n) is 3.59. The molecule has 0 N–H and O–H groups in total. The fourth-order valence-electron chi connectivity index (χ4n) is 1.16. The van der Waals surface area contributed by atoms with Gasteiger partial charge in [0.15, 0.2) is 0 Å². The quantitative estimate of drug-likeness (QED) is 0.756. The number of aromatic nitrogens is 2. The summed E-state index contributed by atoms with van der Waals surface area (Å²) in [7, 11) is 0.